The number of benzene rings is 6. The maximum Gasteiger partial charge on any atom is 0.254 e. The molecule has 0 saturated heterocycles. The van der Waals surface area contributed by atoms with E-state index in [1.54, 1.807) is 0 Å². The minimum atomic E-state index is 0.00464. The van der Waals surface area contributed by atoms with Gasteiger partial charge in [0.1, 0.15) is 0 Å². The molecule has 4 aliphatic rings. The lowest BCUT2D eigenvalue weighted by Crippen LogP contribution is -2.61. The highest BCUT2D eigenvalue weighted by Crippen LogP contribution is 2.54. The van der Waals surface area contributed by atoms with E-state index in [4.69, 9.17) is 0 Å². The summed E-state index contributed by atoms with van der Waals surface area (Å²) < 4.78 is 1.34. The maximum atomic E-state index is 2.70. The maximum absolute atomic E-state index is 2.70. The van der Waals surface area contributed by atoms with Gasteiger partial charge in [0, 0.05) is 33.0 Å². The first-order valence-corrected chi connectivity index (χ1v) is 24.4. The fourth-order valence-corrected chi connectivity index (χ4v) is 13.2. The van der Waals surface area contributed by atoms with Crippen LogP contribution in [0.5, 0.6) is 0 Å². The van der Waals surface area contributed by atoms with E-state index in [0.29, 0.717) is 0 Å². The Labute approximate surface area is 381 Å². The predicted octanol–water partition coefficient (Wildman–Crippen LogP) is 15.0. The molecule has 0 unspecified atom stereocenters. The molecule has 0 bridgehead atoms. The molecular formula is C59H63BN2S. The van der Waals surface area contributed by atoms with Gasteiger partial charge in [-0.05, 0) is 169 Å². The molecule has 2 aliphatic carbocycles. The molecule has 0 atom stereocenters. The monoisotopic (exact) mass is 842 g/mol. The number of nitrogens with zero attached hydrogens (tertiary/aromatic N) is 2. The molecule has 63 heavy (non-hydrogen) atoms. The molecule has 2 aliphatic heterocycles. The quantitative estimate of drug-likeness (QED) is 0.164. The van der Waals surface area contributed by atoms with Gasteiger partial charge in [0.2, 0.25) is 0 Å². The molecule has 3 heterocycles. The Bertz CT molecular complexity index is 3030. The second kappa shape index (κ2) is 13.5. The number of hydrogen-bond donors (Lipinski definition) is 0. The SMILES string of the molecule is Cc1cc2c3c(c1)N(c1ccc(C(C)(C)C)cc1-c1ccccc1)c1sc4ccccc4c1B3c1cc3c(cc1N2c1ccc2c(c1)C(C)(C)CCC2(C)C)C(C)(C)CCC3(C)C. The summed E-state index contributed by atoms with van der Waals surface area (Å²) in [6.07, 6.45) is 4.76. The largest absolute Gasteiger partial charge is 0.311 e. The van der Waals surface area contributed by atoms with Gasteiger partial charge in [-0.3, -0.25) is 0 Å². The zero-order valence-corrected chi connectivity index (χ0v) is 40.5. The first-order valence-electron chi connectivity index (χ1n) is 23.6. The second-order valence-electron chi connectivity index (χ2n) is 23.2. The van der Waals surface area contributed by atoms with Gasteiger partial charge in [0.05, 0.1) is 10.7 Å². The molecule has 0 amide bonds. The van der Waals surface area contributed by atoms with Gasteiger partial charge in [0.15, 0.2) is 0 Å². The van der Waals surface area contributed by atoms with Gasteiger partial charge in [-0.25, -0.2) is 0 Å². The number of fused-ring (bicyclic) bond motifs is 8. The smallest absolute Gasteiger partial charge is 0.254 e. The van der Waals surface area contributed by atoms with Crippen LogP contribution in [-0.4, -0.2) is 6.71 Å². The third-order valence-electron chi connectivity index (χ3n) is 16.0. The zero-order valence-electron chi connectivity index (χ0n) is 39.7. The topological polar surface area (TPSA) is 6.48 Å². The zero-order chi connectivity index (χ0) is 44.2. The molecule has 7 aromatic rings. The fraction of sp³-hybridized carbons (Fsp3) is 0.356. The van der Waals surface area contributed by atoms with Gasteiger partial charge in [-0.2, -0.15) is 0 Å². The van der Waals surface area contributed by atoms with Gasteiger partial charge < -0.3 is 9.80 Å². The van der Waals surface area contributed by atoms with Crippen molar-refractivity contribution in [2.45, 2.75) is 136 Å². The first-order chi connectivity index (χ1) is 29.7. The van der Waals surface area contributed by atoms with E-state index in [1.165, 1.54) is 130 Å². The van der Waals surface area contributed by atoms with E-state index in [9.17, 15) is 0 Å². The van der Waals surface area contributed by atoms with Crippen molar-refractivity contribution in [3.8, 4) is 11.1 Å². The highest BCUT2D eigenvalue weighted by Gasteiger charge is 2.48. The first kappa shape index (κ1) is 40.7. The van der Waals surface area contributed by atoms with Crippen molar-refractivity contribution in [3.63, 3.8) is 0 Å². The Hall–Kier alpha value is -5.06. The number of hydrogen-bond acceptors (Lipinski definition) is 3. The molecule has 1 aromatic heterocycles. The molecule has 0 spiro atoms. The van der Waals surface area contributed by atoms with Crippen LogP contribution in [0.1, 0.15) is 135 Å². The van der Waals surface area contributed by atoms with E-state index in [1.807, 2.05) is 11.3 Å². The lowest BCUT2D eigenvalue weighted by molar-refractivity contribution is 0.332. The summed E-state index contributed by atoms with van der Waals surface area (Å²) in [6, 6.07) is 45.5. The van der Waals surface area contributed by atoms with Crippen molar-refractivity contribution in [2.75, 3.05) is 9.80 Å². The number of thiophene rings is 1. The van der Waals surface area contributed by atoms with E-state index < -0.39 is 0 Å². The van der Waals surface area contributed by atoms with Crippen molar-refractivity contribution in [1.82, 2.24) is 0 Å². The summed E-state index contributed by atoms with van der Waals surface area (Å²) in [5.74, 6) is 0. The van der Waals surface area contributed by atoms with Crippen LogP contribution in [-0.2, 0) is 27.1 Å². The second-order valence-corrected chi connectivity index (χ2v) is 24.2. The Balaban J connectivity index is 1.27. The Morgan fingerprint density at radius 3 is 1.78 bits per heavy atom. The number of rotatable bonds is 3. The summed E-state index contributed by atoms with van der Waals surface area (Å²) in [4.78, 5) is 5.37. The molecular weight excluding hydrogens is 780 g/mol. The highest BCUT2D eigenvalue weighted by atomic mass is 32.1. The van der Waals surface area contributed by atoms with Crippen molar-refractivity contribution in [2.24, 2.45) is 0 Å². The summed E-state index contributed by atoms with van der Waals surface area (Å²) >= 11 is 1.96. The molecule has 318 valence electrons. The average Bonchev–Trinajstić information content (AvgIpc) is 3.62. The van der Waals surface area contributed by atoms with E-state index in [-0.39, 0.29) is 33.8 Å². The number of anilines is 6. The van der Waals surface area contributed by atoms with Gasteiger partial charge in [-0.15, -0.1) is 11.3 Å². The van der Waals surface area contributed by atoms with Crippen LogP contribution in [0.4, 0.5) is 33.4 Å². The predicted molar refractivity (Wildman–Crippen MR) is 275 cm³/mol. The van der Waals surface area contributed by atoms with Crippen LogP contribution in [0.15, 0.2) is 115 Å². The summed E-state index contributed by atoms with van der Waals surface area (Å²) in [5.41, 5.74) is 22.3. The Morgan fingerprint density at radius 2 is 1.11 bits per heavy atom. The fourth-order valence-electron chi connectivity index (χ4n) is 11.9. The molecule has 6 aromatic carbocycles. The van der Waals surface area contributed by atoms with Crippen LogP contribution < -0.4 is 26.2 Å². The van der Waals surface area contributed by atoms with E-state index in [2.05, 4.69) is 208 Å². The lowest BCUT2D eigenvalue weighted by atomic mass is 9.33. The summed E-state index contributed by atoms with van der Waals surface area (Å²) in [6.45, 7) is 29.2. The van der Waals surface area contributed by atoms with E-state index >= 15 is 0 Å². The van der Waals surface area contributed by atoms with Crippen molar-refractivity contribution in [3.05, 3.63) is 149 Å². The molecule has 4 heteroatoms. The normalized spacial score (nSPS) is 18.6. The Kier molecular flexibility index (Phi) is 8.72. The average molecular weight is 843 g/mol. The van der Waals surface area contributed by atoms with E-state index in [0.717, 1.165) is 0 Å². The van der Waals surface area contributed by atoms with Crippen LogP contribution in [0, 0.1) is 6.92 Å². The van der Waals surface area contributed by atoms with Crippen LogP contribution in [0.2, 0.25) is 0 Å². The van der Waals surface area contributed by atoms with Crippen LogP contribution in [0.3, 0.4) is 0 Å². The van der Waals surface area contributed by atoms with Crippen molar-refractivity contribution < 1.29 is 0 Å². The van der Waals surface area contributed by atoms with Crippen molar-refractivity contribution in [1.29, 1.82) is 0 Å². The van der Waals surface area contributed by atoms with Gasteiger partial charge in [-0.1, -0.05) is 143 Å². The Morgan fingerprint density at radius 1 is 0.524 bits per heavy atom. The highest BCUT2D eigenvalue weighted by molar-refractivity contribution is 7.26. The number of aryl methyl sites for hydroxylation is 1. The van der Waals surface area contributed by atoms with Crippen LogP contribution in [0.25, 0.3) is 21.2 Å². The lowest BCUT2D eigenvalue weighted by Gasteiger charge is -2.47. The third kappa shape index (κ3) is 6.10. The third-order valence-corrected chi connectivity index (χ3v) is 17.2. The molecule has 0 radical (unpaired) electrons. The molecule has 11 rings (SSSR count). The van der Waals surface area contributed by atoms with Crippen LogP contribution >= 0.6 is 11.3 Å². The molecule has 2 nitrogen and oxygen atoms in total. The van der Waals surface area contributed by atoms with Gasteiger partial charge >= 0.3 is 0 Å². The summed E-state index contributed by atoms with van der Waals surface area (Å²) in [7, 11) is 0. The minimum absolute atomic E-state index is 0.00464. The standard InChI is InChI=1S/C59H63BN2S/c1-36-30-49-53-50(31-36)62(47-25-22-38(55(2,3)4)32-41(47)37-18-14-13-15-19-37)54-52(40-20-16-17-21-51(40)63-54)60(53)46-34-44-45(59(11,12)29-28-58(44,9)10)35-48(46)61(49)39-23-24-42-43(33-39)57(7,8)27-26-56(42,5)6/h13-25,30-35H,26-29H2,1-12H3. The summed E-state index contributed by atoms with van der Waals surface area (Å²) in [5, 5.41) is 2.70. The van der Waals surface area contributed by atoms with Crippen molar-refractivity contribution >= 4 is 78.0 Å². The molecule has 0 N–H and O–H groups in total. The van der Waals surface area contributed by atoms with Gasteiger partial charge in [0.25, 0.3) is 6.71 Å². The molecule has 0 fully saturated rings. The molecule has 0 saturated carbocycles. The minimum Gasteiger partial charge on any atom is -0.311 e.